The molecule has 5 heteroatoms. The van der Waals surface area contributed by atoms with E-state index in [1.165, 1.54) is 0 Å². The van der Waals surface area contributed by atoms with Gasteiger partial charge in [-0.05, 0) is 37.3 Å². The summed E-state index contributed by atoms with van der Waals surface area (Å²) in [6, 6.07) is 3.84. The van der Waals surface area contributed by atoms with Crippen molar-refractivity contribution in [3.8, 4) is 0 Å². The SMILES string of the molecule is CCSCC(C)(O)C=Nc1cc(C)c(Cl)cc1N(C)C. The van der Waals surface area contributed by atoms with Gasteiger partial charge in [0.25, 0.3) is 0 Å². The quantitative estimate of drug-likeness (QED) is 0.808. The van der Waals surface area contributed by atoms with Crippen LogP contribution in [0.25, 0.3) is 0 Å². The Hall–Kier alpha value is -0.710. The van der Waals surface area contributed by atoms with Gasteiger partial charge in [0.2, 0.25) is 0 Å². The Morgan fingerprint density at radius 1 is 1.45 bits per heavy atom. The molecule has 20 heavy (non-hydrogen) atoms. The number of benzene rings is 1. The molecule has 0 aromatic heterocycles. The van der Waals surface area contributed by atoms with Gasteiger partial charge in [0.1, 0.15) is 5.60 Å². The monoisotopic (exact) mass is 314 g/mol. The Bertz CT molecular complexity index is 487. The van der Waals surface area contributed by atoms with Crippen LogP contribution < -0.4 is 4.90 Å². The molecule has 0 radical (unpaired) electrons. The van der Waals surface area contributed by atoms with E-state index >= 15 is 0 Å². The summed E-state index contributed by atoms with van der Waals surface area (Å²) >= 11 is 7.85. The predicted octanol–water partition coefficient (Wildman–Crippen LogP) is 3.92. The van der Waals surface area contributed by atoms with E-state index in [9.17, 15) is 5.11 Å². The van der Waals surface area contributed by atoms with Gasteiger partial charge < -0.3 is 10.0 Å². The van der Waals surface area contributed by atoms with E-state index in [-0.39, 0.29) is 0 Å². The van der Waals surface area contributed by atoms with Gasteiger partial charge in [-0.1, -0.05) is 18.5 Å². The Morgan fingerprint density at radius 2 is 2.10 bits per heavy atom. The zero-order valence-corrected chi connectivity index (χ0v) is 14.3. The molecule has 0 fully saturated rings. The third-order valence-corrected chi connectivity index (χ3v) is 4.42. The first-order chi connectivity index (χ1) is 9.26. The average Bonchev–Trinajstić information content (AvgIpc) is 2.37. The third-order valence-electron chi connectivity index (χ3n) is 2.82. The molecular weight excluding hydrogens is 292 g/mol. The normalized spacial score (nSPS) is 14.6. The summed E-state index contributed by atoms with van der Waals surface area (Å²) in [5, 5.41) is 11.0. The van der Waals surface area contributed by atoms with E-state index in [0.717, 1.165) is 27.7 Å². The van der Waals surface area contributed by atoms with Crippen LogP contribution in [-0.2, 0) is 0 Å². The molecule has 0 spiro atoms. The highest BCUT2D eigenvalue weighted by Crippen LogP contribution is 2.33. The Labute approximate surface area is 131 Å². The number of hydrogen-bond acceptors (Lipinski definition) is 4. The number of thioether (sulfide) groups is 1. The smallest absolute Gasteiger partial charge is 0.106 e. The topological polar surface area (TPSA) is 35.8 Å². The van der Waals surface area contributed by atoms with Crippen LogP contribution in [0.1, 0.15) is 19.4 Å². The molecule has 1 rings (SSSR count). The largest absolute Gasteiger partial charge is 0.384 e. The van der Waals surface area contributed by atoms with Crippen LogP contribution in [-0.4, -0.2) is 42.5 Å². The fourth-order valence-electron chi connectivity index (χ4n) is 1.67. The van der Waals surface area contributed by atoms with E-state index in [4.69, 9.17) is 11.6 Å². The molecule has 0 bridgehead atoms. The maximum atomic E-state index is 10.3. The maximum absolute atomic E-state index is 10.3. The zero-order chi connectivity index (χ0) is 15.3. The summed E-state index contributed by atoms with van der Waals surface area (Å²) in [7, 11) is 3.90. The molecule has 0 aliphatic rings. The highest BCUT2D eigenvalue weighted by atomic mass is 35.5. The summed E-state index contributed by atoms with van der Waals surface area (Å²) in [5.41, 5.74) is 1.83. The van der Waals surface area contributed by atoms with Crippen LogP contribution in [0.15, 0.2) is 17.1 Å². The first kappa shape index (κ1) is 17.3. The molecule has 0 saturated carbocycles. The Kier molecular flexibility index (Phi) is 6.37. The van der Waals surface area contributed by atoms with E-state index in [2.05, 4.69) is 11.9 Å². The van der Waals surface area contributed by atoms with Crippen molar-refractivity contribution in [2.75, 3.05) is 30.5 Å². The van der Waals surface area contributed by atoms with Gasteiger partial charge in [-0.25, -0.2) is 0 Å². The molecule has 0 heterocycles. The van der Waals surface area contributed by atoms with Crippen LogP contribution in [0, 0.1) is 6.92 Å². The second-order valence-electron chi connectivity index (χ2n) is 5.24. The number of aliphatic imine (C=N–C) groups is 1. The van der Waals surface area contributed by atoms with Crippen LogP contribution in [0.3, 0.4) is 0 Å². The first-order valence-electron chi connectivity index (χ1n) is 6.59. The lowest BCUT2D eigenvalue weighted by atomic mass is 10.1. The predicted molar refractivity (Wildman–Crippen MR) is 92.3 cm³/mol. The van der Waals surface area contributed by atoms with E-state index in [0.29, 0.717) is 5.75 Å². The van der Waals surface area contributed by atoms with Crippen LogP contribution in [0.5, 0.6) is 0 Å². The van der Waals surface area contributed by atoms with Crippen molar-refractivity contribution in [3.05, 3.63) is 22.7 Å². The molecule has 3 nitrogen and oxygen atoms in total. The first-order valence-corrected chi connectivity index (χ1v) is 8.13. The number of nitrogens with zero attached hydrogens (tertiary/aromatic N) is 2. The summed E-state index contributed by atoms with van der Waals surface area (Å²) < 4.78 is 0. The van der Waals surface area contributed by atoms with Crippen molar-refractivity contribution in [1.82, 2.24) is 0 Å². The summed E-state index contributed by atoms with van der Waals surface area (Å²) in [6.07, 6.45) is 1.62. The van der Waals surface area contributed by atoms with Gasteiger partial charge in [-0.15, -0.1) is 0 Å². The zero-order valence-electron chi connectivity index (χ0n) is 12.8. The molecule has 0 aliphatic carbocycles. The number of aliphatic hydroxyl groups is 1. The number of hydrogen-bond donors (Lipinski definition) is 1. The lowest BCUT2D eigenvalue weighted by Gasteiger charge is -2.19. The minimum absolute atomic E-state index is 0.636. The van der Waals surface area contributed by atoms with E-state index in [1.54, 1.807) is 24.9 Å². The molecule has 1 aromatic carbocycles. The molecule has 1 aromatic rings. The van der Waals surface area contributed by atoms with Crippen molar-refractivity contribution in [2.45, 2.75) is 26.4 Å². The van der Waals surface area contributed by atoms with Crippen LogP contribution in [0.2, 0.25) is 5.02 Å². The van der Waals surface area contributed by atoms with Gasteiger partial charge in [-0.3, -0.25) is 4.99 Å². The summed E-state index contributed by atoms with van der Waals surface area (Å²) in [4.78, 5) is 6.43. The molecule has 0 amide bonds. The van der Waals surface area contributed by atoms with Crippen molar-refractivity contribution in [2.24, 2.45) is 4.99 Å². The van der Waals surface area contributed by atoms with Gasteiger partial charge >= 0.3 is 0 Å². The van der Waals surface area contributed by atoms with Gasteiger partial charge in [0, 0.05) is 31.1 Å². The van der Waals surface area contributed by atoms with Crippen molar-refractivity contribution < 1.29 is 5.11 Å². The summed E-state index contributed by atoms with van der Waals surface area (Å²) in [6.45, 7) is 5.80. The highest BCUT2D eigenvalue weighted by Gasteiger charge is 2.17. The van der Waals surface area contributed by atoms with Gasteiger partial charge in [0.15, 0.2) is 0 Å². The second-order valence-corrected chi connectivity index (χ2v) is 6.92. The van der Waals surface area contributed by atoms with Crippen molar-refractivity contribution in [3.63, 3.8) is 0 Å². The third kappa shape index (κ3) is 5.00. The Balaban J connectivity index is 3.04. The molecule has 0 aliphatic heterocycles. The number of halogens is 1. The fraction of sp³-hybridized carbons (Fsp3) is 0.533. The van der Waals surface area contributed by atoms with Gasteiger partial charge in [0.05, 0.1) is 11.4 Å². The fourth-order valence-corrected chi connectivity index (χ4v) is 2.52. The molecule has 1 atom stereocenters. The average molecular weight is 315 g/mol. The molecule has 0 saturated heterocycles. The molecule has 112 valence electrons. The summed E-state index contributed by atoms with van der Waals surface area (Å²) in [5.74, 6) is 1.61. The molecular formula is C15H23ClN2OS. The van der Waals surface area contributed by atoms with Crippen molar-refractivity contribution in [1.29, 1.82) is 0 Å². The van der Waals surface area contributed by atoms with Crippen LogP contribution >= 0.6 is 23.4 Å². The second kappa shape index (κ2) is 7.34. The standard InChI is InChI=1S/C15H23ClN2OS/c1-6-20-10-15(3,19)9-17-13-7-11(2)12(16)8-14(13)18(4)5/h7-9,19H,6,10H2,1-5H3. The van der Waals surface area contributed by atoms with E-state index in [1.807, 2.05) is 38.1 Å². The lowest BCUT2D eigenvalue weighted by Crippen LogP contribution is -2.29. The Morgan fingerprint density at radius 3 is 2.65 bits per heavy atom. The minimum Gasteiger partial charge on any atom is -0.384 e. The van der Waals surface area contributed by atoms with Crippen molar-refractivity contribution >= 4 is 41.0 Å². The molecule has 1 unspecified atom stereocenters. The number of rotatable bonds is 6. The van der Waals surface area contributed by atoms with E-state index < -0.39 is 5.60 Å². The minimum atomic E-state index is -0.905. The maximum Gasteiger partial charge on any atom is 0.106 e. The van der Waals surface area contributed by atoms with Crippen LogP contribution in [0.4, 0.5) is 11.4 Å². The molecule has 1 N–H and O–H groups in total. The lowest BCUT2D eigenvalue weighted by molar-refractivity contribution is 0.164. The number of anilines is 1. The highest BCUT2D eigenvalue weighted by molar-refractivity contribution is 7.99. The van der Waals surface area contributed by atoms with Gasteiger partial charge in [-0.2, -0.15) is 11.8 Å². The number of aryl methyl sites for hydroxylation is 1.